The predicted octanol–water partition coefficient (Wildman–Crippen LogP) is 2.18. The molecule has 0 fully saturated rings. The number of methoxy groups -OCH3 is 1. The molecule has 66 valence electrons. The molecule has 0 bridgehead atoms. The highest BCUT2D eigenvalue weighted by atomic mass is 19.1. The van der Waals surface area contributed by atoms with Gasteiger partial charge in [-0.1, -0.05) is 13.3 Å². The van der Waals surface area contributed by atoms with Gasteiger partial charge in [0.05, 0.1) is 7.11 Å². The molecule has 0 aromatic carbocycles. The van der Waals surface area contributed by atoms with Crippen molar-refractivity contribution in [1.82, 2.24) is 4.98 Å². The van der Waals surface area contributed by atoms with E-state index in [0.717, 1.165) is 12.8 Å². The highest BCUT2D eigenvalue weighted by molar-refractivity contribution is 5.19. The second-order valence-corrected chi connectivity index (χ2v) is 2.55. The number of hydrogen-bond donors (Lipinski definition) is 0. The largest absolute Gasteiger partial charge is 0.481 e. The minimum atomic E-state index is -0.420. The van der Waals surface area contributed by atoms with Crippen LogP contribution in [0.25, 0.3) is 0 Å². The Hall–Kier alpha value is -1.12. The van der Waals surface area contributed by atoms with Crippen LogP contribution in [-0.4, -0.2) is 12.1 Å². The summed E-state index contributed by atoms with van der Waals surface area (Å²) < 4.78 is 17.8. The van der Waals surface area contributed by atoms with Gasteiger partial charge in [-0.15, -0.1) is 0 Å². The number of nitrogens with zero attached hydrogens (tertiary/aromatic N) is 1. The Morgan fingerprint density at radius 2 is 2.25 bits per heavy atom. The minimum absolute atomic E-state index is 0.326. The van der Waals surface area contributed by atoms with E-state index in [1.165, 1.54) is 7.11 Å². The van der Waals surface area contributed by atoms with Crippen LogP contribution in [0, 0.1) is 5.95 Å². The number of rotatable bonds is 3. The van der Waals surface area contributed by atoms with E-state index in [2.05, 4.69) is 4.98 Å². The van der Waals surface area contributed by atoms with E-state index in [9.17, 15) is 4.39 Å². The fourth-order valence-corrected chi connectivity index (χ4v) is 1.02. The number of pyridine rings is 1. The number of aromatic nitrogens is 1. The summed E-state index contributed by atoms with van der Waals surface area (Å²) in [5.41, 5.74) is 0.651. The molecule has 1 aromatic rings. The van der Waals surface area contributed by atoms with Crippen molar-refractivity contribution in [3.05, 3.63) is 23.6 Å². The predicted molar refractivity (Wildman–Crippen MR) is 44.7 cm³/mol. The lowest BCUT2D eigenvalue weighted by Gasteiger charge is -2.02. The SMILES string of the molecule is CCCc1ccc(OC)nc1F. The standard InChI is InChI=1S/C9H12FNO/c1-3-4-7-5-6-8(12-2)11-9(7)10/h5-6H,3-4H2,1-2H3. The lowest BCUT2D eigenvalue weighted by molar-refractivity contribution is 0.386. The maximum atomic E-state index is 13.0. The van der Waals surface area contributed by atoms with E-state index in [0.29, 0.717) is 11.4 Å². The molecule has 1 heterocycles. The Kier molecular flexibility index (Phi) is 3.02. The summed E-state index contributed by atoms with van der Waals surface area (Å²) in [4.78, 5) is 3.62. The maximum absolute atomic E-state index is 13.0. The van der Waals surface area contributed by atoms with Gasteiger partial charge in [0.2, 0.25) is 11.8 Å². The van der Waals surface area contributed by atoms with E-state index >= 15 is 0 Å². The molecule has 0 atom stereocenters. The highest BCUT2D eigenvalue weighted by Crippen LogP contribution is 2.12. The van der Waals surface area contributed by atoms with Gasteiger partial charge in [0, 0.05) is 11.6 Å². The Morgan fingerprint density at radius 3 is 2.75 bits per heavy atom. The van der Waals surface area contributed by atoms with Crippen LogP contribution in [-0.2, 0) is 6.42 Å². The molecule has 12 heavy (non-hydrogen) atoms. The topological polar surface area (TPSA) is 22.1 Å². The maximum Gasteiger partial charge on any atom is 0.219 e. The molecule has 0 aliphatic rings. The minimum Gasteiger partial charge on any atom is -0.481 e. The third-order valence-corrected chi connectivity index (χ3v) is 1.63. The number of aryl methyl sites for hydroxylation is 1. The van der Waals surface area contributed by atoms with Gasteiger partial charge in [-0.25, -0.2) is 0 Å². The van der Waals surface area contributed by atoms with Crippen molar-refractivity contribution in [2.45, 2.75) is 19.8 Å². The van der Waals surface area contributed by atoms with E-state index < -0.39 is 5.95 Å². The zero-order chi connectivity index (χ0) is 8.97. The zero-order valence-corrected chi connectivity index (χ0v) is 7.30. The van der Waals surface area contributed by atoms with Gasteiger partial charge < -0.3 is 4.74 Å². The van der Waals surface area contributed by atoms with E-state index in [4.69, 9.17) is 4.74 Å². The fraction of sp³-hybridized carbons (Fsp3) is 0.444. The molecule has 0 unspecified atom stereocenters. The van der Waals surface area contributed by atoms with Crippen molar-refractivity contribution in [3.63, 3.8) is 0 Å². The van der Waals surface area contributed by atoms with E-state index in [1.807, 2.05) is 6.92 Å². The smallest absolute Gasteiger partial charge is 0.219 e. The van der Waals surface area contributed by atoms with Crippen molar-refractivity contribution in [2.75, 3.05) is 7.11 Å². The zero-order valence-electron chi connectivity index (χ0n) is 7.30. The second kappa shape index (κ2) is 4.04. The van der Waals surface area contributed by atoms with Gasteiger partial charge in [0.25, 0.3) is 0 Å². The molecule has 0 radical (unpaired) electrons. The molecule has 3 heteroatoms. The molecule has 0 spiro atoms. The second-order valence-electron chi connectivity index (χ2n) is 2.55. The summed E-state index contributed by atoms with van der Waals surface area (Å²) in [5, 5.41) is 0. The van der Waals surface area contributed by atoms with E-state index in [-0.39, 0.29) is 0 Å². The fourth-order valence-electron chi connectivity index (χ4n) is 1.02. The molecule has 0 amide bonds. The average molecular weight is 169 g/mol. The molecule has 1 rings (SSSR count). The lowest BCUT2D eigenvalue weighted by atomic mass is 10.2. The van der Waals surface area contributed by atoms with Crippen LogP contribution in [0.4, 0.5) is 4.39 Å². The molecule has 0 saturated heterocycles. The first-order valence-electron chi connectivity index (χ1n) is 3.97. The van der Waals surface area contributed by atoms with Crippen molar-refractivity contribution in [3.8, 4) is 5.88 Å². The summed E-state index contributed by atoms with van der Waals surface area (Å²) in [7, 11) is 1.47. The van der Waals surface area contributed by atoms with Crippen LogP contribution in [0.2, 0.25) is 0 Å². The average Bonchev–Trinajstić information content (AvgIpc) is 2.09. The van der Waals surface area contributed by atoms with Gasteiger partial charge in [0.15, 0.2) is 0 Å². The van der Waals surface area contributed by atoms with Crippen molar-refractivity contribution in [2.24, 2.45) is 0 Å². The molecule has 0 N–H and O–H groups in total. The summed E-state index contributed by atoms with van der Waals surface area (Å²) in [6.45, 7) is 2.00. The quantitative estimate of drug-likeness (QED) is 0.647. The summed E-state index contributed by atoms with van der Waals surface area (Å²) in [6.07, 6.45) is 1.65. The normalized spacial score (nSPS) is 9.92. The van der Waals surface area contributed by atoms with Crippen LogP contribution in [0.3, 0.4) is 0 Å². The monoisotopic (exact) mass is 169 g/mol. The number of hydrogen-bond acceptors (Lipinski definition) is 2. The Bertz CT molecular complexity index is 263. The molecular weight excluding hydrogens is 157 g/mol. The highest BCUT2D eigenvalue weighted by Gasteiger charge is 2.03. The van der Waals surface area contributed by atoms with Crippen LogP contribution in [0.5, 0.6) is 5.88 Å². The van der Waals surface area contributed by atoms with Gasteiger partial charge >= 0.3 is 0 Å². The Balaban J connectivity index is 2.87. The van der Waals surface area contributed by atoms with Crippen molar-refractivity contribution >= 4 is 0 Å². The molecule has 0 aliphatic carbocycles. The van der Waals surface area contributed by atoms with Gasteiger partial charge in [-0.2, -0.15) is 9.37 Å². The third-order valence-electron chi connectivity index (χ3n) is 1.63. The van der Waals surface area contributed by atoms with Crippen LogP contribution in [0.1, 0.15) is 18.9 Å². The summed E-state index contributed by atoms with van der Waals surface area (Å²) in [6, 6.07) is 3.39. The third kappa shape index (κ3) is 1.94. The molecule has 1 aromatic heterocycles. The van der Waals surface area contributed by atoms with Crippen molar-refractivity contribution in [1.29, 1.82) is 0 Å². The van der Waals surface area contributed by atoms with Crippen LogP contribution >= 0.6 is 0 Å². The first-order valence-corrected chi connectivity index (χ1v) is 3.97. The molecule has 2 nitrogen and oxygen atoms in total. The first-order chi connectivity index (χ1) is 5.77. The lowest BCUT2D eigenvalue weighted by Crippen LogP contribution is -1.96. The van der Waals surface area contributed by atoms with Gasteiger partial charge in [-0.3, -0.25) is 0 Å². The number of ether oxygens (including phenoxy) is 1. The van der Waals surface area contributed by atoms with Crippen molar-refractivity contribution < 1.29 is 9.13 Å². The Morgan fingerprint density at radius 1 is 1.50 bits per heavy atom. The molecule has 0 aliphatic heterocycles. The first kappa shape index (κ1) is 8.97. The Labute approximate surface area is 71.4 Å². The van der Waals surface area contributed by atoms with Crippen LogP contribution < -0.4 is 4.74 Å². The van der Waals surface area contributed by atoms with E-state index in [1.54, 1.807) is 12.1 Å². The summed E-state index contributed by atoms with van der Waals surface area (Å²) in [5.74, 6) is -0.0939. The van der Waals surface area contributed by atoms with Crippen LogP contribution in [0.15, 0.2) is 12.1 Å². The summed E-state index contributed by atoms with van der Waals surface area (Å²) >= 11 is 0. The van der Waals surface area contributed by atoms with Gasteiger partial charge in [0.1, 0.15) is 0 Å². The molecular formula is C9H12FNO. The molecule has 0 saturated carbocycles. The van der Waals surface area contributed by atoms with Gasteiger partial charge in [-0.05, 0) is 12.5 Å². The number of halogens is 1.